The summed E-state index contributed by atoms with van der Waals surface area (Å²) in [5.74, 6) is 1.50. The summed E-state index contributed by atoms with van der Waals surface area (Å²) in [6.07, 6.45) is 1.81. The number of amides is 1. The number of benzene rings is 2. The lowest BCUT2D eigenvalue weighted by atomic mass is 10.2. The monoisotopic (exact) mass is 507 g/mol. The molecule has 2 fully saturated rings. The Balaban J connectivity index is 1.34. The van der Waals surface area contributed by atoms with Gasteiger partial charge in [0, 0.05) is 36.6 Å². The average molecular weight is 508 g/mol. The highest BCUT2D eigenvalue weighted by molar-refractivity contribution is 7.99. The highest BCUT2D eigenvalue weighted by Gasteiger charge is 2.29. The minimum Gasteiger partial charge on any atom is -0.497 e. The number of carbonyl (C=O) groups excluding carboxylic acids is 1. The molecular formula is C26H29N5O4S. The topological polar surface area (TPSA) is 103 Å². The van der Waals surface area contributed by atoms with Crippen LogP contribution < -0.4 is 20.1 Å². The summed E-state index contributed by atoms with van der Waals surface area (Å²) in [6, 6.07) is 15.4. The molecule has 0 spiro atoms. The summed E-state index contributed by atoms with van der Waals surface area (Å²) in [5, 5.41) is 0. The van der Waals surface area contributed by atoms with Crippen LogP contribution in [0.25, 0.3) is 0 Å². The predicted octanol–water partition coefficient (Wildman–Crippen LogP) is 2.84. The van der Waals surface area contributed by atoms with Crippen LogP contribution in [0.1, 0.15) is 15.9 Å². The number of anilines is 1. The summed E-state index contributed by atoms with van der Waals surface area (Å²) in [7, 11) is 1.65. The van der Waals surface area contributed by atoms with Crippen LogP contribution >= 0.6 is 11.8 Å². The quantitative estimate of drug-likeness (QED) is 0.468. The summed E-state index contributed by atoms with van der Waals surface area (Å²) >= 11 is 1.48. The molecule has 2 aliphatic rings. The van der Waals surface area contributed by atoms with Crippen molar-refractivity contribution < 1.29 is 19.0 Å². The van der Waals surface area contributed by atoms with Gasteiger partial charge in [-0.1, -0.05) is 23.9 Å². The van der Waals surface area contributed by atoms with Gasteiger partial charge in [-0.3, -0.25) is 9.69 Å². The predicted molar refractivity (Wildman–Crippen MR) is 137 cm³/mol. The standard InChI is InChI=1S/C26H29N5O4S/c1-33-21-4-2-3-18(13-21)15-35-25-23(36-22-7-5-19(6-8-22)24(27)32)14-28-26(29-25)31-11-9-30(10-12-31)20-16-34-17-20/h2-8,13-14,20H,9-12,15-17H2,1H3,(H2,27,32). The number of piperazine rings is 1. The molecule has 2 aliphatic heterocycles. The van der Waals surface area contributed by atoms with Crippen LogP contribution in [0.2, 0.25) is 0 Å². The number of ether oxygens (including phenoxy) is 3. The molecule has 3 aromatic rings. The van der Waals surface area contributed by atoms with Crippen LogP contribution in [0.15, 0.2) is 64.5 Å². The van der Waals surface area contributed by atoms with E-state index in [-0.39, 0.29) is 0 Å². The number of nitrogens with two attached hydrogens (primary N) is 1. The van der Waals surface area contributed by atoms with Crippen molar-refractivity contribution in [2.45, 2.75) is 22.4 Å². The largest absolute Gasteiger partial charge is 0.497 e. The lowest BCUT2D eigenvalue weighted by molar-refractivity contribution is -0.0661. The first-order valence-electron chi connectivity index (χ1n) is 11.9. The molecule has 188 valence electrons. The molecule has 2 N–H and O–H groups in total. The SMILES string of the molecule is COc1cccc(COc2nc(N3CCN(C4COC4)CC3)ncc2Sc2ccc(C(N)=O)cc2)c1. The number of hydrogen-bond donors (Lipinski definition) is 1. The molecule has 10 heteroatoms. The van der Waals surface area contributed by atoms with Crippen LogP contribution in [-0.4, -0.2) is 73.3 Å². The molecule has 0 saturated carbocycles. The van der Waals surface area contributed by atoms with Crippen LogP contribution in [0, 0.1) is 0 Å². The van der Waals surface area contributed by atoms with Gasteiger partial charge >= 0.3 is 0 Å². The van der Waals surface area contributed by atoms with E-state index in [0.717, 1.165) is 60.5 Å². The molecule has 0 radical (unpaired) electrons. The second-order valence-corrected chi connectivity index (χ2v) is 9.80. The van der Waals surface area contributed by atoms with Crippen LogP contribution in [0.5, 0.6) is 11.6 Å². The smallest absolute Gasteiger partial charge is 0.248 e. The van der Waals surface area contributed by atoms with E-state index in [4.69, 9.17) is 24.9 Å². The zero-order chi connectivity index (χ0) is 24.9. The molecule has 5 rings (SSSR count). The summed E-state index contributed by atoms with van der Waals surface area (Å²) < 4.78 is 16.9. The number of hydrogen-bond acceptors (Lipinski definition) is 9. The van der Waals surface area contributed by atoms with Crippen LogP contribution in [-0.2, 0) is 11.3 Å². The highest BCUT2D eigenvalue weighted by Crippen LogP contribution is 2.35. The maximum atomic E-state index is 11.4. The molecule has 3 heterocycles. The fourth-order valence-electron chi connectivity index (χ4n) is 4.12. The first-order chi connectivity index (χ1) is 17.6. The van der Waals surface area contributed by atoms with E-state index < -0.39 is 5.91 Å². The summed E-state index contributed by atoms with van der Waals surface area (Å²) in [5.41, 5.74) is 6.82. The van der Waals surface area contributed by atoms with Gasteiger partial charge in [0.05, 0.1) is 37.5 Å². The van der Waals surface area contributed by atoms with E-state index >= 15 is 0 Å². The normalized spacial score (nSPS) is 16.4. The van der Waals surface area contributed by atoms with Crippen molar-refractivity contribution in [2.24, 2.45) is 5.73 Å². The Hall–Kier alpha value is -3.34. The van der Waals surface area contributed by atoms with Crippen LogP contribution in [0.4, 0.5) is 5.95 Å². The number of nitrogens with zero attached hydrogens (tertiary/aromatic N) is 4. The molecule has 0 atom stereocenters. The van der Waals surface area contributed by atoms with E-state index in [1.807, 2.05) is 42.6 Å². The Labute approximate surface area is 214 Å². The highest BCUT2D eigenvalue weighted by atomic mass is 32.2. The molecule has 0 aliphatic carbocycles. The fraction of sp³-hybridized carbons (Fsp3) is 0.346. The van der Waals surface area contributed by atoms with Gasteiger partial charge in [0.1, 0.15) is 12.4 Å². The van der Waals surface area contributed by atoms with Gasteiger partial charge in [0.15, 0.2) is 0 Å². The van der Waals surface area contributed by atoms with E-state index in [1.165, 1.54) is 11.8 Å². The zero-order valence-electron chi connectivity index (χ0n) is 20.1. The van der Waals surface area contributed by atoms with Crippen molar-refractivity contribution in [1.29, 1.82) is 0 Å². The molecule has 2 aromatic carbocycles. The minimum absolute atomic E-state index is 0.345. The molecule has 1 amide bonds. The van der Waals surface area contributed by atoms with Gasteiger partial charge in [-0.2, -0.15) is 4.98 Å². The molecule has 9 nitrogen and oxygen atoms in total. The fourth-order valence-corrected chi connectivity index (χ4v) is 4.94. The third-order valence-corrected chi connectivity index (χ3v) is 7.33. The number of methoxy groups -OCH3 is 1. The van der Waals surface area contributed by atoms with Gasteiger partial charge in [0.2, 0.25) is 17.7 Å². The van der Waals surface area contributed by atoms with E-state index in [0.29, 0.717) is 30.0 Å². The molecule has 0 unspecified atom stereocenters. The van der Waals surface area contributed by atoms with E-state index in [1.54, 1.807) is 19.2 Å². The third kappa shape index (κ3) is 5.72. The first kappa shape index (κ1) is 24.4. The van der Waals surface area contributed by atoms with Gasteiger partial charge in [-0.25, -0.2) is 4.98 Å². The Kier molecular flexibility index (Phi) is 7.55. The number of carbonyl (C=O) groups is 1. The second kappa shape index (κ2) is 11.2. The molecule has 2 saturated heterocycles. The van der Waals surface area contributed by atoms with Gasteiger partial charge < -0.3 is 24.8 Å². The van der Waals surface area contributed by atoms with Crippen LogP contribution in [0.3, 0.4) is 0 Å². The Morgan fingerprint density at radius 3 is 2.58 bits per heavy atom. The maximum absolute atomic E-state index is 11.4. The van der Waals surface area contributed by atoms with E-state index in [9.17, 15) is 4.79 Å². The summed E-state index contributed by atoms with van der Waals surface area (Å²) in [6.45, 7) is 5.62. The Bertz CT molecular complexity index is 1200. The number of rotatable bonds is 9. The Morgan fingerprint density at radius 2 is 1.92 bits per heavy atom. The number of primary amides is 1. The number of aromatic nitrogens is 2. The summed E-state index contributed by atoms with van der Waals surface area (Å²) in [4.78, 5) is 27.3. The van der Waals surface area contributed by atoms with Gasteiger partial charge in [-0.05, 0) is 42.0 Å². The van der Waals surface area contributed by atoms with E-state index in [2.05, 4.69) is 14.8 Å². The molecule has 0 bridgehead atoms. The molecule has 36 heavy (non-hydrogen) atoms. The molecule has 1 aromatic heterocycles. The van der Waals surface area contributed by atoms with Crippen molar-refractivity contribution in [3.05, 3.63) is 65.9 Å². The zero-order valence-corrected chi connectivity index (χ0v) is 20.9. The second-order valence-electron chi connectivity index (χ2n) is 8.68. The third-order valence-electron chi connectivity index (χ3n) is 6.32. The van der Waals surface area contributed by atoms with Crippen molar-refractivity contribution >= 4 is 23.6 Å². The van der Waals surface area contributed by atoms with Gasteiger partial charge in [-0.15, -0.1) is 0 Å². The molecular weight excluding hydrogens is 478 g/mol. The average Bonchev–Trinajstić information content (AvgIpc) is 2.88. The van der Waals surface area contributed by atoms with Crippen molar-refractivity contribution in [3.8, 4) is 11.6 Å². The van der Waals surface area contributed by atoms with Crippen molar-refractivity contribution in [2.75, 3.05) is 51.4 Å². The minimum atomic E-state index is -0.452. The lowest BCUT2D eigenvalue weighted by Gasteiger charge is -2.42. The maximum Gasteiger partial charge on any atom is 0.248 e. The van der Waals surface area contributed by atoms with Gasteiger partial charge in [0.25, 0.3) is 0 Å². The Morgan fingerprint density at radius 1 is 1.14 bits per heavy atom. The van der Waals surface area contributed by atoms with Crippen molar-refractivity contribution in [1.82, 2.24) is 14.9 Å². The first-order valence-corrected chi connectivity index (χ1v) is 12.7. The lowest BCUT2D eigenvalue weighted by Crippen LogP contribution is -2.56. The van der Waals surface area contributed by atoms with Crippen molar-refractivity contribution in [3.63, 3.8) is 0 Å².